The van der Waals surface area contributed by atoms with E-state index in [2.05, 4.69) is 155 Å². The molecule has 2 aliphatic carbocycles. The minimum absolute atomic E-state index is 0.00489. The molecule has 6 fully saturated rings. The molecule has 103 heavy (non-hydrogen) atoms. The van der Waals surface area contributed by atoms with Crippen molar-refractivity contribution >= 4 is 96.6 Å². The van der Waals surface area contributed by atoms with Crippen LogP contribution in [0, 0.1) is 37.5 Å². The topological polar surface area (TPSA) is 160 Å². The first-order valence-corrected chi connectivity index (χ1v) is 38.6. The Kier molecular flexibility index (Phi) is 27.6. The Bertz CT molecular complexity index is 3980. The van der Waals surface area contributed by atoms with Crippen LogP contribution in [0.4, 0.5) is 27.8 Å². The minimum Gasteiger partial charge on any atom is -0.463 e. The number of allylic oxidation sites excluding steroid dienone is 1. The lowest BCUT2D eigenvalue weighted by Crippen LogP contribution is -2.49. The van der Waals surface area contributed by atoms with Crippen molar-refractivity contribution in [3.8, 4) is 12.0 Å². The highest BCUT2D eigenvalue weighted by Gasteiger charge is 2.45. The molecule has 4 saturated heterocycles. The maximum Gasteiger partial charge on any atom is 0.410 e. The predicted octanol–water partition coefficient (Wildman–Crippen LogP) is 13.4. The van der Waals surface area contributed by atoms with Gasteiger partial charge < -0.3 is 58.3 Å². The number of fused-ring (bicyclic) bond motifs is 6. The number of rotatable bonds is 21. The number of aromatic nitrogens is 4. The summed E-state index contributed by atoms with van der Waals surface area (Å²) in [7, 11) is 0. The Balaban J connectivity index is 0.000000174. The molecule has 0 spiro atoms. The van der Waals surface area contributed by atoms with Crippen molar-refractivity contribution in [3.63, 3.8) is 0 Å². The lowest BCUT2D eigenvalue weighted by molar-refractivity contribution is -0.126. The highest BCUT2D eigenvalue weighted by atomic mass is 35.5. The molecule has 8 aliphatic rings. The molecular weight excluding hydrogens is 1360 g/mol. The molecule has 8 heterocycles. The average Bonchev–Trinajstić information content (AvgIpc) is 1.76. The van der Waals surface area contributed by atoms with E-state index >= 15 is 0 Å². The Morgan fingerprint density at radius 1 is 0.544 bits per heavy atom. The molecule has 15 rings (SSSR count). The smallest absolute Gasteiger partial charge is 0.410 e. The van der Waals surface area contributed by atoms with Crippen LogP contribution in [0.5, 0.6) is 12.0 Å². The van der Waals surface area contributed by atoms with Crippen molar-refractivity contribution in [1.82, 2.24) is 44.4 Å². The number of halogens is 3. The maximum absolute atomic E-state index is 12.9. The molecule has 2 aromatic heterocycles. The summed E-state index contributed by atoms with van der Waals surface area (Å²) in [5, 5.41) is 4.75. The van der Waals surface area contributed by atoms with Crippen molar-refractivity contribution in [2.75, 3.05) is 163 Å². The van der Waals surface area contributed by atoms with Gasteiger partial charge in [-0.25, -0.2) is 4.79 Å². The standard InChI is InChI=1S/C38H44N6O3.C33H40N6O2.C6H15N.C3H3ClO.CH2Cl2/c1-27-20-29-10-5-6-11-32(29)35(21-27)44-14-12-33-34(25-44)39-37(46-19-7-13-41-23-30-22-31(30)24-41)40-36(33)42-15-17-43(18-16-42)38(45)47-26-28-8-3-2-4-9-28;1-3-31(40)37-12-14-38(15-13-37)32-28-9-11-39(30-18-23(2)17-24-7-4-5-8-27(24)30)22-29(28)34-33(35-32)41-16-6-10-36-20-25-19-26(25)21-36;1-4-7(5-2)6-3;1-2-3(4)5;2-1-3/h2-6,8-11,20-21,30-31H,7,12-19,22-26H2,1H3;3-5,7-8,17-18,25-26H,1,6,9-16,19-22H2,2H3;4-6H2,1-3H3;2H,1H2;1H2. The molecule has 5 aromatic carbocycles. The minimum atomic E-state index is -0.509. The first kappa shape index (κ1) is 76.4. The second kappa shape index (κ2) is 37.3. The van der Waals surface area contributed by atoms with Crippen LogP contribution in [0.2, 0.25) is 0 Å². The highest BCUT2D eigenvalue weighted by Crippen LogP contribution is 2.46. The van der Waals surface area contributed by atoms with Crippen molar-refractivity contribution in [1.29, 1.82) is 0 Å². The largest absolute Gasteiger partial charge is 0.463 e. The Morgan fingerprint density at radius 3 is 1.37 bits per heavy atom. The number of carbonyl (C=O) groups is 3. The number of piperidine rings is 2. The number of likely N-dealkylation sites (tertiary alicyclic amines) is 2. The molecule has 2 saturated carbocycles. The fourth-order valence-corrected chi connectivity index (χ4v) is 15.3. The summed E-state index contributed by atoms with van der Waals surface area (Å²) in [4.78, 5) is 75.3. The molecule has 7 aromatic rings. The van der Waals surface area contributed by atoms with Gasteiger partial charge in [-0.15, -0.1) is 23.2 Å². The molecule has 4 unspecified atom stereocenters. The van der Waals surface area contributed by atoms with Crippen molar-refractivity contribution in [3.05, 3.63) is 168 Å². The van der Waals surface area contributed by atoms with Gasteiger partial charge in [-0.05, 0) is 159 Å². The number of carbonyl (C=O) groups excluding carboxylic acids is 3. The van der Waals surface area contributed by atoms with Crippen molar-refractivity contribution in [2.45, 2.75) is 92.8 Å². The normalized spacial score (nSPS) is 19.4. The van der Waals surface area contributed by atoms with E-state index < -0.39 is 5.24 Å². The fraction of sp³-hybridized carbons (Fsp3) is 0.494. The number of hydrogen-bond donors (Lipinski definition) is 0. The lowest BCUT2D eigenvalue weighted by atomic mass is 10.0. The van der Waals surface area contributed by atoms with Crippen LogP contribution in [-0.4, -0.2) is 205 Å². The van der Waals surface area contributed by atoms with Crippen LogP contribution in [0.1, 0.15) is 85.7 Å². The van der Waals surface area contributed by atoms with Gasteiger partial charge in [0.2, 0.25) is 11.1 Å². The van der Waals surface area contributed by atoms with Crippen LogP contribution in [0.25, 0.3) is 21.5 Å². The first-order chi connectivity index (χ1) is 50.2. The summed E-state index contributed by atoms with van der Waals surface area (Å²) in [5.41, 5.74) is 10.5. The number of hydrogen-bond acceptors (Lipinski definition) is 17. The molecule has 6 aliphatic heterocycles. The van der Waals surface area contributed by atoms with Gasteiger partial charge in [-0.2, -0.15) is 19.9 Å². The quantitative estimate of drug-likeness (QED) is 0.0289. The Labute approximate surface area is 624 Å². The SMILES string of the molecule is C=CC(=O)Cl.C=CC(=O)N1CCN(c2nc(OCCCN3CC4CC4C3)nc3c2CCN(c2cc(C)cc4ccccc24)C3)CC1.CCN(CC)CC.Cc1cc(N2CCc3c(nc(OCCCN4CC5CC5C4)nc3N3CCN(C(=O)OCc4ccccc4)CC3)C2)c2ccccc2c1.ClCCl. The van der Waals surface area contributed by atoms with E-state index in [0.717, 1.165) is 130 Å². The molecular formula is C81H104Cl3N13O6. The van der Waals surface area contributed by atoms with Crippen LogP contribution in [0.3, 0.4) is 0 Å². The number of ether oxygens (including phenoxy) is 3. The van der Waals surface area contributed by atoms with E-state index in [4.69, 9.17) is 68.9 Å². The van der Waals surface area contributed by atoms with Gasteiger partial charge in [0.05, 0.1) is 43.0 Å². The molecule has 0 radical (unpaired) electrons. The number of alkyl halides is 2. The number of nitrogens with zero attached hydrogens (tertiary/aromatic N) is 13. The number of piperazine rings is 2. The van der Waals surface area contributed by atoms with Crippen molar-refractivity contribution in [2.24, 2.45) is 23.7 Å². The van der Waals surface area contributed by atoms with E-state index in [-0.39, 0.29) is 23.9 Å². The zero-order valence-electron chi connectivity index (χ0n) is 61.0. The molecule has 22 heteroatoms. The third-order valence-electron chi connectivity index (χ3n) is 21.1. The molecule has 2 amide bonds. The van der Waals surface area contributed by atoms with Gasteiger partial charge in [0, 0.05) is 138 Å². The second-order valence-corrected chi connectivity index (χ2v) is 29.2. The Morgan fingerprint density at radius 2 is 0.961 bits per heavy atom. The number of aryl methyl sites for hydroxylation is 2. The number of anilines is 4. The van der Waals surface area contributed by atoms with Gasteiger partial charge in [-0.3, -0.25) is 9.59 Å². The van der Waals surface area contributed by atoms with Crippen LogP contribution >= 0.6 is 34.8 Å². The monoisotopic (exact) mass is 1460 g/mol. The van der Waals surface area contributed by atoms with Gasteiger partial charge in [0.1, 0.15) is 18.2 Å². The van der Waals surface area contributed by atoms with E-state index in [0.29, 0.717) is 71.0 Å². The van der Waals surface area contributed by atoms with Gasteiger partial charge in [-0.1, -0.05) is 125 Å². The zero-order valence-corrected chi connectivity index (χ0v) is 63.3. The van der Waals surface area contributed by atoms with Gasteiger partial charge >= 0.3 is 18.1 Å². The number of benzene rings is 5. The Hall–Kier alpha value is -7.78. The lowest BCUT2D eigenvalue weighted by Gasteiger charge is -2.38. The predicted molar refractivity (Wildman–Crippen MR) is 418 cm³/mol. The second-order valence-electron chi connectivity index (χ2n) is 28.1. The zero-order chi connectivity index (χ0) is 72.4. The summed E-state index contributed by atoms with van der Waals surface area (Å²) in [6.07, 6.45) is 8.73. The van der Waals surface area contributed by atoms with Crippen molar-refractivity contribution < 1.29 is 28.6 Å². The molecule has 19 nitrogen and oxygen atoms in total. The van der Waals surface area contributed by atoms with E-state index in [9.17, 15) is 14.4 Å². The van der Waals surface area contributed by atoms with E-state index in [1.54, 1.807) is 4.90 Å². The van der Waals surface area contributed by atoms with E-state index in [1.165, 1.54) is 120 Å². The van der Waals surface area contributed by atoms with Crippen LogP contribution < -0.4 is 29.1 Å². The number of amides is 2. The van der Waals surface area contributed by atoms with E-state index in [1.807, 2.05) is 35.2 Å². The fourth-order valence-electron chi connectivity index (χ4n) is 15.3. The summed E-state index contributed by atoms with van der Waals surface area (Å²) >= 11 is 14.2. The molecule has 0 N–H and O–H groups in total. The summed E-state index contributed by atoms with van der Waals surface area (Å²) < 4.78 is 18.1. The molecule has 0 bridgehead atoms. The summed E-state index contributed by atoms with van der Waals surface area (Å²) in [6.45, 7) is 38.5. The third-order valence-corrected chi connectivity index (χ3v) is 21.3. The average molecular weight is 1460 g/mol. The van der Waals surface area contributed by atoms with Gasteiger partial charge in [0.25, 0.3) is 0 Å². The third kappa shape index (κ3) is 20.6. The highest BCUT2D eigenvalue weighted by molar-refractivity contribution is 6.66. The molecule has 550 valence electrons. The first-order valence-electron chi connectivity index (χ1n) is 37.2. The molecule has 4 atom stereocenters. The van der Waals surface area contributed by atoms with Crippen LogP contribution in [-0.2, 0) is 46.9 Å². The van der Waals surface area contributed by atoms with Crippen LogP contribution in [0.15, 0.2) is 128 Å². The van der Waals surface area contributed by atoms with Gasteiger partial charge in [0.15, 0.2) is 0 Å². The summed E-state index contributed by atoms with van der Waals surface area (Å²) in [6, 6.07) is 37.1. The maximum atomic E-state index is 12.9. The summed E-state index contributed by atoms with van der Waals surface area (Å²) in [5.74, 6) is 5.73.